The SMILES string of the molecule is CC(=O)[C@@H](OC(C)(C)C)c1c(C)cc2c(ccc(=O)n2Cc2ccc(C(F)(F)F)cc2)c1-c1ccc2c3c(ccnc13)CCO2. The zero-order valence-electron chi connectivity index (χ0n) is 25.7. The van der Waals surface area contributed by atoms with Crippen LogP contribution in [0.5, 0.6) is 5.75 Å². The van der Waals surface area contributed by atoms with Gasteiger partial charge in [-0.2, -0.15) is 13.2 Å². The number of ketones is 1. The molecule has 9 heteroatoms. The Kier molecular flexibility index (Phi) is 7.56. The Bertz CT molecular complexity index is 2010. The van der Waals surface area contributed by atoms with Crippen LogP contribution in [0.3, 0.4) is 0 Å². The number of ether oxygens (including phenoxy) is 2. The molecule has 0 bridgehead atoms. The number of fused-ring (bicyclic) bond motifs is 1. The molecule has 3 heterocycles. The first-order valence-corrected chi connectivity index (χ1v) is 14.8. The first-order valence-electron chi connectivity index (χ1n) is 14.8. The van der Waals surface area contributed by atoms with E-state index in [1.54, 1.807) is 16.8 Å². The van der Waals surface area contributed by atoms with Gasteiger partial charge in [-0.05, 0) is 105 Å². The Hall–Kier alpha value is -4.50. The summed E-state index contributed by atoms with van der Waals surface area (Å²) in [7, 11) is 0. The van der Waals surface area contributed by atoms with Gasteiger partial charge in [-0.1, -0.05) is 12.1 Å². The van der Waals surface area contributed by atoms with Crippen molar-refractivity contribution in [2.45, 2.75) is 65.5 Å². The van der Waals surface area contributed by atoms with Crippen molar-refractivity contribution in [3.63, 3.8) is 0 Å². The molecule has 3 aromatic carbocycles. The Morgan fingerprint density at radius 3 is 2.44 bits per heavy atom. The monoisotopic (exact) mass is 614 g/mol. The lowest BCUT2D eigenvalue weighted by molar-refractivity contribution is -0.139. The van der Waals surface area contributed by atoms with Crippen LogP contribution in [0.4, 0.5) is 13.2 Å². The standard InChI is InChI=1S/C36H33F3N2O4/c1-20-18-27-25(11-13-29(43)41(27)19-22-6-8-24(9-7-22)36(37,38)39)32(30(20)34(21(2)42)45-35(3,4)5)26-10-12-28-31-23(15-17-44-28)14-16-40-33(26)31/h6-14,16,18,34H,15,17,19H2,1-5H3/t34-/m1/s1. The van der Waals surface area contributed by atoms with Gasteiger partial charge >= 0.3 is 6.18 Å². The van der Waals surface area contributed by atoms with Gasteiger partial charge in [-0.3, -0.25) is 14.6 Å². The van der Waals surface area contributed by atoms with E-state index in [9.17, 15) is 22.8 Å². The smallest absolute Gasteiger partial charge is 0.416 e. The number of halogens is 3. The number of aryl methyl sites for hydroxylation is 1. The third kappa shape index (κ3) is 5.73. The summed E-state index contributed by atoms with van der Waals surface area (Å²) in [6.45, 7) is 9.66. The number of alkyl halides is 3. The molecule has 1 aliphatic rings. The van der Waals surface area contributed by atoms with Crippen molar-refractivity contribution in [1.82, 2.24) is 9.55 Å². The largest absolute Gasteiger partial charge is 0.493 e. The van der Waals surface area contributed by atoms with Gasteiger partial charge in [0.2, 0.25) is 0 Å². The molecule has 45 heavy (non-hydrogen) atoms. The summed E-state index contributed by atoms with van der Waals surface area (Å²) in [6.07, 6.45) is -2.88. The van der Waals surface area contributed by atoms with E-state index >= 15 is 0 Å². The minimum atomic E-state index is -4.46. The van der Waals surface area contributed by atoms with Crippen molar-refractivity contribution in [2.75, 3.05) is 6.61 Å². The van der Waals surface area contributed by atoms with Crippen LogP contribution in [0.15, 0.2) is 71.7 Å². The highest BCUT2D eigenvalue weighted by molar-refractivity contribution is 6.08. The molecule has 0 aliphatic carbocycles. The van der Waals surface area contributed by atoms with Gasteiger partial charge in [0.25, 0.3) is 5.56 Å². The number of Topliss-reactive ketones (excluding diaryl/α,β-unsaturated/α-hetero) is 1. The second-order valence-electron chi connectivity index (χ2n) is 12.5. The summed E-state index contributed by atoms with van der Waals surface area (Å²) in [6, 6.07) is 15.7. The number of aromatic nitrogens is 2. The number of carbonyl (C=O) groups is 1. The molecule has 0 N–H and O–H groups in total. The van der Waals surface area contributed by atoms with Crippen molar-refractivity contribution in [3.8, 4) is 16.9 Å². The fourth-order valence-corrected chi connectivity index (χ4v) is 6.16. The summed E-state index contributed by atoms with van der Waals surface area (Å²) in [5.74, 6) is 0.556. The minimum Gasteiger partial charge on any atom is -0.493 e. The maximum Gasteiger partial charge on any atom is 0.416 e. The van der Waals surface area contributed by atoms with Crippen LogP contribution in [0, 0.1) is 6.92 Å². The fourth-order valence-electron chi connectivity index (χ4n) is 6.16. The molecule has 6 nitrogen and oxygen atoms in total. The molecule has 0 spiro atoms. The molecule has 0 unspecified atom stereocenters. The number of benzene rings is 3. The van der Waals surface area contributed by atoms with Gasteiger partial charge in [-0.25, -0.2) is 0 Å². The van der Waals surface area contributed by atoms with E-state index in [2.05, 4.69) is 0 Å². The molecule has 0 radical (unpaired) electrons. The molecular formula is C36H33F3N2O4. The third-order valence-corrected chi connectivity index (χ3v) is 8.11. The molecule has 6 rings (SSSR count). The third-order valence-electron chi connectivity index (χ3n) is 8.11. The molecule has 1 aliphatic heterocycles. The Balaban J connectivity index is 1.66. The van der Waals surface area contributed by atoms with Crippen LogP contribution >= 0.6 is 0 Å². The zero-order valence-corrected chi connectivity index (χ0v) is 25.7. The predicted molar refractivity (Wildman–Crippen MR) is 168 cm³/mol. The van der Waals surface area contributed by atoms with Gasteiger partial charge in [0.1, 0.15) is 11.9 Å². The number of hydrogen-bond donors (Lipinski definition) is 0. The number of carbonyl (C=O) groups excluding carboxylic acids is 1. The minimum absolute atomic E-state index is 0.0527. The van der Waals surface area contributed by atoms with Crippen LogP contribution in [-0.4, -0.2) is 27.5 Å². The molecule has 0 amide bonds. The van der Waals surface area contributed by atoms with Gasteiger partial charge < -0.3 is 14.0 Å². The molecule has 2 aromatic heterocycles. The van der Waals surface area contributed by atoms with Gasteiger partial charge in [0.05, 0.1) is 35.3 Å². The average Bonchev–Trinajstić information content (AvgIpc) is 2.97. The Labute approximate surface area is 258 Å². The van der Waals surface area contributed by atoms with Crippen LogP contribution in [0.25, 0.3) is 32.9 Å². The lowest BCUT2D eigenvalue weighted by atomic mass is 9.85. The van der Waals surface area contributed by atoms with Crippen LogP contribution in [0.2, 0.25) is 0 Å². The number of nitrogens with zero attached hydrogens (tertiary/aromatic N) is 2. The summed E-state index contributed by atoms with van der Waals surface area (Å²) >= 11 is 0. The molecule has 232 valence electrons. The lowest BCUT2D eigenvalue weighted by Gasteiger charge is -2.30. The van der Waals surface area contributed by atoms with Crippen LogP contribution in [0.1, 0.15) is 61.6 Å². The van der Waals surface area contributed by atoms with Crippen molar-refractivity contribution in [1.29, 1.82) is 0 Å². The number of pyridine rings is 2. The van der Waals surface area contributed by atoms with Crippen molar-refractivity contribution >= 4 is 27.6 Å². The highest BCUT2D eigenvalue weighted by atomic mass is 19.4. The van der Waals surface area contributed by atoms with Gasteiger partial charge in [-0.15, -0.1) is 0 Å². The van der Waals surface area contributed by atoms with E-state index < -0.39 is 23.4 Å². The van der Waals surface area contributed by atoms with E-state index in [1.165, 1.54) is 25.1 Å². The highest BCUT2D eigenvalue weighted by Gasteiger charge is 2.32. The molecular weight excluding hydrogens is 581 g/mol. The van der Waals surface area contributed by atoms with Crippen molar-refractivity contribution in [2.24, 2.45) is 0 Å². The summed E-state index contributed by atoms with van der Waals surface area (Å²) in [5.41, 5.74) is 4.08. The average molecular weight is 615 g/mol. The van der Waals surface area contributed by atoms with E-state index in [0.717, 1.165) is 46.4 Å². The second kappa shape index (κ2) is 11.1. The molecule has 5 aromatic rings. The van der Waals surface area contributed by atoms with Gasteiger partial charge in [0.15, 0.2) is 5.78 Å². The van der Waals surface area contributed by atoms with Crippen molar-refractivity contribution < 1.29 is 27.4 Å². The second-order valence-corrected chi connectivity index (χ2v) is 12.5. The zero-order chi connectivity index (χ0) is 32.3. The fraction of sp³-hybridized carbons (Fsp3) is 0.306. The normalized spacial score (nSPS) is 14.0. The maximum absolute atomic E-state index is 13.4. The predicted octanol–water partition coefficient (Wildman–Crippen LogP) is 7.97. The molecule has 0 fully saturated rings. The summed E-state index contributed by atoms with van der Waals surface area (Å²) in [4.78, 5) is 31.4. The molecule has 0 saturated carbocycles. The van der Waals surface area contributed by atoms with Crippen molar-refractivity contribution in [3.05, 3.63) is 105 Å². The lowest BCUT2D eigenvalue weighted by Crippen LogP contribution is -2.27. The Morgan fingerprint density at radius 1 is 1.04 bits per heavy atom. The number of rotatable bonds is 6. The number of hydrogen-bond acceptors (Lipinski definition) is 5. The first kappa shape index (κ1) is 30.5. The van der Waals surface area contributed by atoms with Gasteiger partial charge in [0, 0.05) is 35.0 Å². The maximum atomic E-state index is 13.4. The van der Waals surface area contributed by atoms with Crippen LogP contribution < -0.4 is 10.3 Å². The van der Waals surface area contributed by atoms with E-state index in [0.29, 0.717) is 39.7 Å². The summed E-state index contributed by atoms with van der Waals surface area (Å²) in [5, 5.41) is 1.58. The van der Waals surface area contributed by atoms with E-state index in [-0.39, 0.29) is 17.9 Å². The topological polar surface area (TPSA) is 70.4 Å². The molecule has 1 atom stereocenters. The molecule has 0 saturated heterocycles. The quantitative estimate of drug-likeness (QED) is 0.194. The van der Waals surface area contributed by atoms with E-state index in [1.807, 2.05) is 52.0 Å². The van der Waals surface area contributed by atoms with E-state index in [4.69, 9.17) is 14.5 Å². The van der Waals surface area contributed by atoms with Crippen LogP contribution in [-0.2, 0) is 28.7 Å². The summed E-state index contributed by atoms with van der Waals surface area (Å²) < 4.78 is 53.6. The Morgan fingerprint density at radius 2 is 1.78 bits per heavy atom. The highest BCUT2D eigenvalue weighted by Crippen LogP contribution is 2.45. The first-order chi connectivity index (χ1) is 21.2.